The number of hydrogen-bond donors (Lipinski definition) is 4. The Hall–Kier alpha value is -1.86. The van der Waals surface area contributed by atoms with Gasteiger partial charge in [0.05, 0.1) is 12.5 Å². The van der Waals surface area contributed by atoms with Crippen LogP contribution in [0.1, 0.15) is 12.8 Å². The van der Waals surface area contributed by atoms with E-state index in [1.807, 2.05) is 0 Å². The van der Waals surface area contributed by atoms with E-state index in [1.54, 1.807) is 0 Å². The smallest absolute Gasteiger partial charge is 0.305 e. The molecule has 8 heteroatoms. The molecule has 0 spiro atoms. The van der Waals surface area contributed by atoms with Gasteiger partial charge in [0.2, 0.25) is 0 Å². The molecule has 0 aromatic rings. The van der Waals surface area contributed by atoms with E-state index in [1.165, 1.54) is 0 Å². The van der Waals surface area contributed by atoms with Crippen molar-refractivity contribution >= 4 is 11.9 Å². The van der Waals surface area contributed by atoms with Crippen molar-refractivity contribution in [2.75, 3.05) is 6.54 Å². The Bertz CT molecular complexity index is 234. The second kappa shape index (κ2) is 6.63. The molecule has 0 saturated carbocycles. The summed E-state index contributed by atoms with van der Waals surface area (Å²) in [5.41, 5.74) is 10.2. The monoisotopic (exact) mass is 202 g/mol. The molecule has 7 N–H and O–H groups in total. The van der Waals surface area contributed by atoms with Crippen LogP contribution in [-0.4, -0.2) is 29.6 Å². The van der Waals surface area contributed by atoms with Crippen molar-refractivity contribution in [2.45, 2.75) is 18.9 Å². The van der Waals surface area contributed by atoms with E-state index >= 15 is 0 Å². The fraction of sp³-hybridized carbons (Fsp3) is 0.667. The summed E-state index contributed by atoms with van der Waals surface area (Å²) >= 11 is 0. The van der Waals surface area contributed by atoms with E-state index in [2.05, 4.69) is 15.3 Å². The number of aliphatic carboxylic acids is 1. The highest BCUT2D eigenvalue weighted by molar-refractivity contribution is 5.75. The van der Waals surface area contributed by atoms with Crippen LogP contribution in [0.2, 0.25) is 0 Å². The molecule has 0 amide bonds. The maximum absolute atomic E-state index is 10.4. The fourth-order valence-corrected chi connectivity index (χ4v) is 0.839. The minimum absolute atomic E-state index is 0.0382. The first-order valence-corrected chi connectivity index (χ1v) is 3.93. The maximum atomic E-state index is 10.4. The number of carboxylic acid groups (broad SMARTS) is 1. The van der Waals surface area contributed by atoms with E-state index in [-0.39, 0.29) is 12.4 Å². The van der Waals surface area contributed by atoms with Crippen LogP contribution in [0.25, 0.3) is 0 Å². The van der Waals surface area contributed by atoms with Gasteiger partial charge in [-0.15, -0.1) is 0 Å². The zero-order valence-electron chi connectivity index (χ0n) is 7.63. The summed E-state index contributed by atoms with van der Waals surface area (Å²) in [7, 11) is 0. The van der Waals surface area contributed by atoms with E-state index < -0.39 is 12.0 Å². The van der Waals surface area contributed by atoms with Crippen LogP contribution in [0.3, 0.4) is 0 Å². The Morgan fingerprint density at radius 3 is 2.50 bits per heavy atom. The van der Waals surface area contributed by atoms with Gasteiger partial charge in [0.15, 0.2) is 5.96 Å². The highest BCUT2D eigenvalue weighted by Crippen LogP contribution is 2.04. The Balaban J connectivity index is 3.97. The van der Waals surface area contributed by atoms with Crippen molar-refractivity contribution in [3.05, 3.63) is 0 Å². The summed E-state index contributed by atoms with van der Waals surface area (Å²) in [5.74, 6) is 3.81. The molecule has 1 atom stereocenters. The number of aliphatic imine (C=N–C) groups is 1. The third-order valence-electron chi connectivity index (χ3n) is 1.40. The summed E-state index contributed by atoms with van der Waals surface area (Å²) < 4.78 is 0. The van der Waals surface area contributed by atoms with Crippen molar-refractivity contribution < 1.29 is 9.90 Å². The lowest BCUT2D eigenvalue weighted by atomic mass is 10.1. The molecule has 14 heavy (non-hydrogen) atoms. The molecule has 0 heterocycles. The van der Waals surface area contributed by atoms with Crippen molar-refractivity contribution in [1.29, 1.82) is 0 Å². The summed E-state index contributed by atoms with van der Waals surface area (Å²) in [6.07, 6.45) is 0.256. The van der Waals surface area contributed by atoms with Crippen molar-refractivity contribution in [3.63, 3.8) is 0 Å². The lowest BCUT2D eigenvalue weighted by molar-refractivity contribution is -0.137. The molecule has 1 unspecified atom stereocenters. The Morgan fingerprint density at radius 2 is 2.07 bits per heavy atom. The van der Waals surface area contributed by atoms with Gasteiger partial charge in [-0.25, -0.2) is 0 Å². The van der Waals surface area contributed by atoms with Crippen molar-refractivity contribution in [3.8, 4) is 0 Å². The van der Waals surface area contributed by atoms with Gasteiger partial charge in [0.25, 0.3) is 0 Å². The molecular weight excluding hydrogens is 188 g/mol. The topological polar surface area (TPSA) is 152 Å². The van der Waals surface area contributed by atoms with Crippen molar-refractivity contribution in [2.24, 2.45) is 32.6 Å². The lowest BCUT2D eigenvalue weighted by Crippen LogP contribution is -2.23. The van der Waals surface area contributed by atoms with Crippen LogP contribution in [0.4, 0.5) is 0 Å². The van der Waals surface area contributed by atoms with Gasteiger partial charge >= 0.3 is 5.97 Å². The average molecular weight is 202 g/mol. The van der Waals surface area contributed by atoms with Crippen LogP contribution in [0.5, 0.6) is 0 Å². The minimum atomic E-state index is -0.966. The van der Waals surface area contributed by atoms with Gasteiger partial charge in [-0.1, -0.05) is 5.22 Å². The average Bonchev–Trinajstić information content (AvgIpc) is 2.02. The molecule has 80 valence electrons. The summed E-state index contributed by atoms with van der Waals surface area (Å²) in [5, 5.41) is 15.1. The highest BCUT2D eigenvalue weighted by atomic mass is 16.4. The van der Waals surface area contributed by atoms with Gasteiger partial charge in [-0.2, -0.15) is 5.11 Å². The Kier molecular flexibility index (Phi) is 5.75. The standard InChI is InChI=1S/C6H14N6O2/c7-6(8)10-2-1-4(11-12-9)3-5(13)14/h4H,1-3H2,(H2,9,11)(H,13,14)(H4,7,8,10). The number of carboxylic acids is 1. The third-order valence-corrected chi connectivity index (χ3v) is 1.40. The zero-order chi connectivity index (χ0) is 11.0. The first kappa shape index (κ1) is 12.1. The molecule has 0 aliphatic rings. The molecule has 0 aromatic heterocycles. The normalized spacial score (nSPS) is 12.6. The van der Waals surface area contributed by atoms with Gasteiger partial charge < -0.3 is 22.4 Å². The molecule has 0 aliphatic carbocycles. The minimum Gasteiger partial charge on any atom is -0.481 e. The maximum Gasteiger partial charge on any atom is 0.305 e. The number of nitrogens with two attached hydrogens (primary N) is 3. The largest absolute Gasteiger partial charge is 0.481 e. The SMILES string of the molecule is NN=NC(CCN=C(N)N)CC(=O)O. The van der Waals surface area contributed by atoms with Crippen molar-refractivity contribution in [1.82, 2.24) is 0 Å². The number of carbonyl (C=O) groups is 1. The summed E-state index contributed by atoms with van der Waals surface area (Å²) in [6, 6.07) is -0.486. The van der Waals surface area contributed by atoms with Gasteiger partial charge in [-0.05, 0) is 6.42 Å². The first-order valence-electron chi connectivity index (χ1n) is 3.93. The van der Waals surface area contributed by atoms with Crippen LogP contribution >= 0.6 is 0 Å². The van der Waals surface area contributed by atoms with Gasteiger partial charge in [0.1, 0.15) is 0 Å². The predicted octanol–water partition coefficient (Wildman–Crippen LogP) is -1.18. The van der Waals surface area contributed by atoms with Crippen LogP contribution < -0.4 is 17.3 Å². The second-order valence-corrected chi connectivity index (χ2v) is 2.58. The molecule has 0 rings (SSSR count). The Labute approximate surface area is 80.9 Å². The van der Waals surface area contributed by atoms with Crippen LogP contribution in [0, 0.1) is 0 Å². The Morgan fingerprint density at radius 1 is 1.43 bits per heavy atom. The number of guanidine groups is 1. The third kappa shape index (κ3) is 6.83. The molecule has 0 bridgehead atoms. The molecule has 8 nitrogen and oxygen atoms in total. The molecule has 0 aliphatic heterocycles. The summed E-state index contributed by atoms with van der Waals surface area (Å²) in [4.78, 5) is 14.0. The zero-order valence-corrected chi connectivity index (χ0v) is 7.63. The second-order valence-electron chi connectivity index (χ2n) is 2.58. The van der Waals surface area contributed by atoms with Crippen LogP contribution in [-0.2, 0) is 4.79 Å². The molecule has 0 radical (unpaired) electrons. The molecule has 0 saturated heterocycles. The lowest BCUT2D eigenvalue weighted by Gasteiger charge is -2.05. The van der Waals surface area contributed by atoms with Gasteiger partial charge in [0, 0.05) is 6.54 Å². The van der Waals surface area contributed by atoms with E-state index in [9.17, 15) is 4.79 Å². The number of rotatable bonds is 6. The molecular formula is C6H14N6O2. The number of nitrogens with zero attached hydrogens (tertiary/aromatic N) is 3. The van der Waals surface area contributed by atoms with E-state index in [0.717, 1.165) is 0 Å². The summed E-state index contributed by atoms with van der Waals surface area (Å²) in [6.45, 7) is 0.305. The van der Waals surface area contributed by atoms with Gasteiger partial charge in [-0.3, -0.25) is 9.79 Å². The van der Waals surface area contributed by atoms with Crippen LogP contribution in [0.15, 0.2) is 15.3 Å². The molecule has 0 fully saturated rings. The van der Waals surface area contributed by atoms with E-state index in [0.29, 0.717) is 13.0 Å². The highest BCUT2D eigenvalue weighted by Gasteiger charge is 2.11. The fourth-order valence-electron chi connectivity index (χ4n) is 0.839. The molecule has 0 aromatic carbocycles. The quantitative estimate of drug-likeness (QED) is 0.140. The number of hydrogen-bond acceptors (Lipinski definition) is 4. The first-order chi connectivity index (χ1) is 6.56. The van der Waals surface area contributed by atoms with E-state index in [4.69, 9.17) is 22.4 Å². The predicted molar refractivity (Wildman–Crippen MR) is 50.4 cm³/mol.